The molecule has 1 amide bonds. The first-order valence-corrected chi connectivity index (χ1v) is 8.35. The fourth-order valence-electron chi connectivity index (χ4n) is 3.96. The number of hydrogen-bond acceptors (Lipinski definition) is 2. The summed E-state index contributed by atoms with van der Waals surface area (Å²) in [6.07, 6.45) is 5.28. The number of halogens is 1. The summed E-state index contributed by atoms with van der Waals surface area (Å²) in [6, 6.07) is 8.05. The maximum atomic E-state index is 12.9. The summed E-state index contributed by atoms with van der Waals surface area (Å²) in [5, 5.41) is 0.768. The van der Waals surface area contributed by atoms with Gasteiger partial charge in [0.15, 0.2) is 0 Å². The number of nitrogens with zero attached hydrogens (tertiary/aromatic N) is 1. The van der Waals surface area contributed by atoms with Gasteiger partial charge in [0.05, 0.1) is 6.04 Å². The van der Waals surface area contributed by atoms with Crippen molar-refractivity contribution in [3.63, 3.8) is 0 Å². The Labute approximate surface area is 131 Å². The minimum absolute atomic E-state index is 0.123. The molecule has 1 aromatic rings. The van der Waals surface area contributed by atoms with Crippen LogP contribution in [0.1, 0.15) is 43.7 Å². The summed E-state index contributed by atoms with van der Waals surface area (Å²) in [7, 11) is 0. The zero-order valence-corrected chi connectivity index (χ0v) is 13.1. The SMILES string of the molecule is NC[C@H]1CCC[C@H]1C(=O)N1CCCC1c1ccccc1Cl. The Hall–Kier alpha value is -1.06. The molecule has 1 aromatic carbocycles. The molecule has 0 aromatic heterocycles. The molecule has 2 aliphatic rings. The third-order valence-electron chi connectivity index (χ3n) is 5.08. The lowest BCUT2D eigenvalue weighted by Crippen LogP contribution is -2.38. The summed E-state index contributed by atoms with van der Waals surface area (Å²) in [4.78, 5) is 15.0. The number of hydrogen-bond donors (Lipinski definition) is 1. The van der Waals surface area contributed by atoms with E-state index in [2.05, 4.69) is 4.90 Å². The van der Waals surface area contributed by atoms with Gasteiger partial charge < -0.3 is 10.6 Å². The predicted molar refractivity (Wildman–Crippen MR) is 85.0 cm³/mol. The second-order valence-corrected chi connectivity index (χ2v) is 6.65. The van der Waals surface area contributed by atoms with Gasteiger partial charge in [-0.25, -0.2) is 0 Å². The molecule has 0 radical (unpaired) electrons. The van der Waals surface area contributed by atoms with E-state index in [1.807, 2.05) is 24.3 Å². The molecule has 1 saturated heterocycles. The number of carbonyl (C=O) groups excluding carboxylic acids is 1. The maximum Gasteiger partial charge on any atom is 0.226 e. The molecule has 1 aliphatic carbocycles. The van der Waals surface area contributed by atoms with Crippen LogP contribution in [0, 0.1) is 11.8 Å². The summed E-state index contributed by atoms with van der Waals surface area (Å²) in [5.41, 5.74) is 6.93. The highest BCUT2D eigenvalue weighted by molar-refractivity contribution is 6.31. The van der Waals surface area contributed by atoms with Gasteiger partial charge in [-0.05, 0) is 49.8 Å². The molecular weight excluding hydrogens is 284 g/mol. The highest BCUT2D eigenvalue weighted by Crippen LogP contribution is 2.40. The molecule has 4 heteroatoms. The third-order valence-corrected chi connectivity index (χ3v) is 5.42. The number of benzene rings is 1. The minimum atomic E-state index is 0.123. The van der Waals surface area contributed by atoms with Crippen molar-refractivity contribution in [2.75, 3.05) is 13.1 Å². The van der Waals surface area contributed by atoms with E-state index in [9.17, 15) is 4.79 Å². The van der Waals surface area contributed by atoms with Crippen molar-refractivity contribution in [1.82, 2.24) is 4.90 Å². The fraction of sp³-hybridized carbons (Fsp3) is 0.588. The van der Waals surface area contributed by atoms with Crippen molar-refractivity contribution < 1.29 is 4.79 Å². The standard InChI is InChI=1S/C17H23ClN2O/c18-15-8-2-1-6-14(15)16-9-4-10-20(16)17(21)13-7-3-5-12(13)11-19/h1-2,6,8,12-13,16H,3-5,7,9-11,19H2/t12-,13-,16?/m1/s1. The van der Waals surface area contributed by atoms with Crippen molar-refractivity contribution in [3.05, 3.63) is 34.9 Å². The molecule has 3 rings (SSSR count). The lowest BCUT2D eigenvalue weighted by molar-refractivity contribution is -0.137. The van der Waals surface area contributed by atoms with Gasteiger partial charge in [0, 0.05) is 17.5 Å². The molecule has 0 bridgehead atoms. The van der Waals surface area contributed by atoms with Gasteiger partial charge in [-0.2, -0.15) is 0 Å². The van der Waals surface area contributed by atoms with Crippen molar-refractivity contribution in [2.24, 2.45) is 17.6 Å². The monoisotopic (exact) mass is 306 g/mol. The number of likely N-dealkylation sites (tertiary alicyclic amines) is 1. The molecule has 1 unspecified atom stereocenters. The zero-order valence-electron chi connectivity index (χ0n) is 12.3. The van der Waals surface area contributed by atoms with E-state index >= 15 is 0 Å². The van der Waals surface area contributed by atoms with Crippen LogP contribution in [0.4, 0.5) is 0 Å². The molecule has 21 heavy (non-hydrogen) atoms. The van der Waals surface area contributed by atoms with E-state index in [1.54, 1.807) is 0 Å². The number of amides is 1. The molecule has 1 saturated carbocycles. The van der Waals surface area contributed by atoms with Crippen LogP contribution in [0.15, 0.2) is 24.3 Å². The van der Waals surface area contributed by atoms with Crippen LogP contribution in [0.2, 0.25) is 5.02 Å². The van der Waals surface area contributed by atoms with Gasteiger partial charge in [-0.15, -0.1) is 0 Å². The van der Waals surface area contributed by atoms with Gasteiger partial charge in [-0.1, -0.05) is 36.2 Å². The van der Waals surface area contributed by atoms with Gasteiger partial charge in [-0.3, -0.25) is 4.79 Å². The molecule has 3 nitrogen and oxygen atoms in total. The highest BCUT2D eigenvalue weighted by Gasteiger charge is 2.39. The van der Waals surface area contributed by atoms with Crippen LogP contribution in [0.25, 0.3) is 0 Å². The smallest absolute Gasteiger partial charge is 0.226 e. The van der Waals surface area contributed by atoms with Crippen molar-refractivity contribution >= 4 is 17.5 Å². The van der Waals surface area contributed by atoms with Crippen molar-refractivity contribution in [1.29, 1.82) is 0 Å². The topological polar surface area (TPSA) is 46.3 Å². The van der Waals surface area contributed by atoms with E-state index in [0.29, 0.717) is 18.4 Å². The van der Waals surface area contributed by atoms with Crippen LogP contribution < -0.4 is 5.73 Å². The molecule has 114 valence electrons. The van der Waals surface area contributed by atoms with Crippen LogP contribution in [-0.4, -0.2) is 23.9 Å². The maximum absolute atomic E-state index is 12.9. The highest BCUT2D eigenvalue weighted by atomic mass is 35.5. The average Bonchev–Trinajstić information content (AvgIpc) is 3.16. The van der Waals surface area contributed by atoms with E-state index in [-0.39, 0.29) is 12.0 Å². The van der Waals surface area contributed by atoms with Crippen LogP contribution in [0.5, 0.6) is 0 Å². The molecule has 2 N–H and O–H groups in total. The quantitative estimate of drug-likeness (QED) is 0.930. The molecule has 1 heterocycles. The molecule has 2 fully saturated rings. The molecular formula is C17H23ClN2O. The molecule has 0 spiro atoms. The first kappa shape index (κ1) is 14.9. The van der Waals surface area contributed by atoms with Crippen molar-refractivity contribution in [2.45, 2.75) is 38.1 Å². The Morgan fingerprint density at radius 3 is 2.81 bits per heavy atom. The van der Waals surface area contributed by atoms with Crippen molar-refractivity contribution in [3.8, 4) is 0 Å². The second-order valence-electron chi connectivity index (χ2n) is 6.24. The van der Waals surface area contributed by atoms with Crippen LogP contribution >= 0.6 is 11.6 Å². The van der Waals surface area contributed by atoms with Crippen LogP contribution in [-0.2, 0) is 4.79 Å². The van der Waals surface area contributed by atoms with E-state index in [1.165, 1.54) is 0 Å². The number of carbonyl (C=O) groups is 1. The Morgan fingerprint density at radius 2 is 2.05 bits per heavy atom. The van der Waals surface area contributed by atoms with E-state index in [4.69, 9.17) is 17.3 Å². The predicted octanol–water partition coefficient (Wildman–Crippen LogP) is 3.38. The average molecular weight is 307 g/mol. The van der Waals surface area contributed by atoms with E-state index < -0.39 is 0 Å². The summed E-state index contributed by atoms with van der Waals surface area (Å²) in [6.45, 7) is 1.48. The lowest BCUT2D eigenvalue weighted by atomic mass is 9.94. The Bertz CT molecular complexity index is 519. The Morgan fingerprint density at radius 1 is 1.24 bits per heavy atom. The zero-order chi connectivity index (χ0) is 14.8. The van der Waals surface area contributed by atoms with Crippen LogP contribution in [0.3, 0.4) is 0 Å². The molecule has 1 aliphatic heterocycles. The number of nitrogens with two attached hydrogens (primary N) is 1. The number of rotatable bonds is 3. The summed E-state index contributed by atoms with van der Waals surface area (Å²) < 4.78 is 0. The molecule has 3 atom stereocenters. The Kier molecular flexibility index (Phi) is 4.51. The summed E-state index contributed by atoms with van der Waals surface area (Å²) >= 11 is 6.33. The lowest BCUT2D eigenvalue weighted by Gasteiger charge is -2.30. The third kappa shape index (κ3) is 2.82. The van der Waals surface area contributed by atoms with Gasteiger partial charge in [0.2, 0.25) is 5.91 Å². The fourth-order valence-corrected chi connectivity index (χ4v) is 4.22. The minimum Gasteiger partial charge on any atom is -0.335 e. The van der Waals surface area contributed by atoms with Gasteiger partial charge in [0.25, 0.3) is 0 Å². The Balaban J connectivity index is 1.81. The first-order chi connectivity index (χ1) is 10.2. The normalized spacial score (nSPS) is 29.0. The first-order valence-electron chi connectivity index (χ1n) is 7.97. The van der Waals surface area contributed by atoms with Gasteiger partial charge in [0.1, 0.15) is 0 Å². The summed E-state index contributed by atoms with van der Waals surface area (Å²) in [5.74, 6) is 0.786. The van der Waals surface area contributed by atoms with E-state index in [0.717, 1.165) is 49.2 Å². The largest absolute Gasteiger partial charge is 0.335 e. The van der Waals surface area contributed by atoms with Gasteiger partial charge >= 0.3 is 0 Å². The second kappa shape index (κ2) is 6.37.